The maximum Gasteiger partial charge on any atom is 0.0834 e. The highest BCUT2D eigenvalue weighted by Crippen LogP contribution is 2.17. The summed E-state index contributed by atoms with van der Waals surface area (Å²) in [6.07, 6.45) is 4.35. The van der Waals surface area contributed by atoms with Crippen molar-refractivity contribution < 1.29 is 9.84 Å². The van der Waals surface area contributed by atoms with Crippen LogP contribution in [0.15, 0.2) is 0 Å². The number of aliphatic hydroxyl groups excluding tert-OH is 1. The molecule has 0 aromatic rings. The summed E-state index contributed by atoms with van der Waals surface area (Å²) in [6, 6.07) is 0. The van der Waals surface area contributed by atoms with E-state index in [1.165, 1.54) is 6.42 Å². The van der Waals surface area contributed by atoms with Crippen LogP contribution >= 0.6 is 0 Å². The molecule has 0 aromatic heterocycles. The van der Waals surface area contributed by atoms with Crippen molar-refractivity contribution in [1.82, 2.24) is 0 Å². The largest absolute Gasteiger partial charge is 0.393 e. The molecule has 0 saturated carbocycles. The zero-order valence-corrected chi connectivity index (χ0v) is 6.55. The smallest absolute Gasteiger partial charge is 0.0834 e. The Balaban J connectivity index is 1.91. The van der Waals surface area contributed by atoms with Gasteiger partial charge in [0.2, 0.25) is 0 Å². The van der Waals surface area contributed by atoms with Gasteiger partial charge in [-0.15, -0.1) is 0 Å². The maximum atomic E-state index is 9.31. The Kier molecular flexibility index (Phi) is 3.16. The van der Waals surface area contributed by atoms with Crippen molar-refractivity contribution in [3.8, 4) is 0 Å². The molecule has 1 aliphatic heterocycles. The van der Waals surface area contributed by atoms with E-state index < -0.39 is 0 Å². The molecule has 10 heavy (non-hydrogen) atoms. The van der Waals surface area contributed by atoms with E-state index in [-0.39, 0.29) is 6.10 Å². The van der Waals surface area contributed by atoms with E-state index >= 15 is 0 Å². The first kappa shape index (κ1) is 8.02. The van der Waals surface area contributed by atoms with Crippen LogP contribution in [0, 0.1) is 0 Å². The number of rotatable bonds is 5. The van der Waals surface area contributed by atoms with Crippen LogP contribution in [0.1, 0.15) is 32.6 Å². The minimum absolute atomic E-state index is 0.118. The molecule has 0 radical (unpaired) electrons. The molecule has 0 unspecified atom stereocenters. The third-order valence-electron chi connectivity index (χ3n) is 1.83. The van der Waals surface area contributed by atoms with Gasteiger partial charge in [-0.3, -0.25) is 0 Å². The highest BCUT2D eigenvalue weighted by Gasteiger charge is 2.25. The van der Waals surface area contributed by atoms with Crippen LogP contribution in [-0.2, 0) is 4.74 Å². The van der Waals surface area contributed by atoms with Gasteiger partial charge in [0, 0.05) is 6.42 Å². The molecular weight excluding hydrogens is 128 g/mol. The third kappa shape index (κ3) is 3.18. The van der Waals surface area contributed by atoms with E-state index in [1.807, 2.05) is 0 Å². The van der Waals surface area contributed by atoms with Gasteiger partial charge in [-0.25, -0.2) is 0 Å². The Hall–Kier alpha value is -0.0800. The SMILES string of the molecule is CCCC[C@@H](O)C[C@@H]1CO1. The van der Waals surface area contributed by atoms with Crippen molar-refractivity contribution in [2.75, 3.05) is 6.61 Å². The number of ether oxygens (including phenoxy) is 1. The molecule has 0 aliphatic carbocycles. The Bertz CT molecular complexity index is 89.3. The first-order chi connectivity index (χ1) is 4.83. The van der Waals surface area contributed by atoms with E-state index in [0.29, 0.717) is 6.10 Å². The molecule has 1 rings (SSSR count). The van der Waals surface area contributed by atoms with Crippen molar-refractivity contribution in [3.05, 3.63) is 0 Å². The predicted octanol–water partition coefficient (Wildman–Crippen LogP) is 1.33. The summed E-state index contributed by atoms with van der Waals surface area (Å²) in [5.41, 5.74) is 0. The van der Waals surface area contributed by atoms with Crippen molar-refractivity contribution in [3.63, 3.8) is 0 Å². The first-order valence-corrected chi connectivity index (χ1v) is 4.12. The summed E-state index contributed by atoms with van der Waals surface area (Å²) in [6.45, 7) is 3.00. The summed E-state index contributed by atoms with van der Waals surface area (Å²) in [5.74, 6) is 0. The summed E-state index contributed by atoms with van der Waals surface area (Å²) in [7, 11) is 0. The number of aliphatic hydroxyl groups is 1. The standard InChI is InChI=1S/C8H16O2/c1-2-3-4-7(9)5-8-6-10-8/h7-9H,2-6H2,1H3/t7-,8-/m1/s1. The molecule has 1 heterocycles. The van der Waals surface area contributed by atoms with Gasteiger partial charge in [0.25, 0.3) is 0 Å². The lowest BCUT2D eigenvalue weighted by atomic mass is 10.1. The lowest BCUT2D eigenvalue weighted by Gasteiger charge is -2.06. The van der Waals surface area contributed by atoms with E-state index in [1.54, 1.807) is 0 Å². The van der Waals surface area contributed by atoms with Crippen LogP contribution in [0.4, 0.5) is 0 Å². The highest BCUT2D eigenvalue weighted by atomic mass is 16.6. The van der Waals surface area contributed by atoms with Gasteiger partial charge in [-0.05, 0) is 6.42 Å². The second-order valence-corrected chi connectivity index (χ2v) is 2.99. The zero-order valence-electron chi connectivity index (χ0n) is 6.55. The molecule has 1 aliphatic rings. The minimum atomic E-state index is -0.118. The van der Waals surface area contributed by atoms with Crippen molar-refractivity contribution >= 4 is 0 Å². The normalized spacial score (nSPS) is 26.4. The molecule has 1 N–H and O–H groups in total. The summed E-state index contributed by atoms with van der Waals surface area (Å²) < 4.78 is 5.00. The average Bonchev–Trinajstić information content (AvgIpc) is 2.67. The van der Waals surface area contributed by atoms with Crippen LogP contribution < -0.4 is 0 Å². The van der Waals surface area contributed by atoms with Crippen molar-refractivity contribution in [2.45, 2.75) is 44.8 Å². The van der Waals surface area contributed by atoms with Gasteiger partial charge >= 0.3 is 0 Å². The van der Waals surface area contributed by atoms with Crippen LogP contribution in [0.3, 0.4) is 0 Å². The van der Waals surface area contributed by atoms with Crippen LogP contribution in [0.25, 0.3) is 0 Å². The Labute approximate surface area is 62.2 Å². The van der Waals surface area contributed by atoms with Gasteiger partial charge < -0.3 is 9.84 Å². The quantitative estimate of drug-likeness (QED) is 0.590. The first-order valence-electron chi connectivity index (χ1n) is 4.12. The molecule has 1 fully saturated rings. The Morgan fingerprint density at radius 1 is 1.70 bits per heavy atom. The van der Waals surface area contributed by atoms with Gasteiger partial charge in [0.1, 0.15) is 0 Å². The van der Waals surface area contributed by atoms with E-state index in [9.17, 15) is 5.11 Å². The fourth-order valence-corrected chi connectivity index (χ4v) is 1.07. The van der Waals surface area contributed by atoms with E-state index in [4.69, 9.17) is 4.74 Å². The third-order valence-corrected chi connectivity index (χ3v) is 1.83. The topological polar surface area (TPSA) is 32.8 Å². The van der Waals surface area contributed by atoms with Crippen LogP contribution in [0.5, 0.6) is 0 Å². The van der Waals surface area contributed by atoms with Crippen LogP contribution in [0.2, 0.25) is 0 Å². The molecule has 2 heteroatoms. The van der Waals surface area contributed by atoms with Crippen LogP contribution in [-0.4, -0.2) is 23.9 Å². The lowest BCUT2D eigenvalue weighted by molar-refractivity contribution is 0.140. The molecule has 0 aromatic carbocycles. The number of unbranched alkanes of at least 4 members (excludes halogenated alkanes) is 1. The molecular formula is C8H16O2. The molecule has 2 atom stereocenters. The van der Waals surface area contributed by atoms with Crippen molar-refractivity contribution in [1.29, 1.82) is 0 Å². The van der Waals surface area contributed by atoms with E-state index in [0.717, 1.165) is 25.9 Å². The second-order valence-electron chi connectivity index (χ2n) is 2.99. The predicted molar refractivity (Wildman–Crippen MR) is 39.9 cm³/mol. The molecule has 2 nitrogen and oxygen atoms in total. The number of hydrogen-bond acceptors (Lipinski definition) is 2. The lowest BCUT2D eigenvalue weighted by Crippen LogP contribution is -2.09. The van der Waals surface area contributed by atoms with Gasteiger partial charge in [-0.1, -0.05) is 19.8 Å². The monoisotopic (exact) mass is 144 g/mol. The summed E-state index contributed by atoms with van der Waals surface area (Å²) in [4.78, 5) is 0. The van der Waals surface area contributed by atoms with Gasteiger partial charge in [0.15, 0.2) is 0 Å². The highest BCUT2D eigenvalue weighted by molar-refractivity contribution is 4.73. The Morgan fingerprint density at radius 3 is 2.90 bits per heavy atom. The second kappa shape index (κ2) is 3.94. The van der Waals surface area contributed by atoms with Gasteiger partial charge in [-0.2, -0.15) is 0 Å². The molecule has 0 bridgehead atoms. The molecule has 1 saturated heterocycles. The fourth-order valence-electron chi connectivity index (χ4n) is 1.07. The van der Waals surface area contributed by atoms with Gasteiger partial charge in [0.05, 0.1) is 18.8 Å². The van der Waals surface area contributed by atoms with E-state index in [2.05, 4.69) is 6.92 Å². The maximum absolute atomic E-state index is 9.31. The summed E-state index contributed by atoms with van der Waals surface area (Å²) in [5, 5.41) is 9.31. The summed E-state index contributed by atoms with van der Waals surface area (Å²) >= 11 is 0. The Morgan fingerprint density at radius 2 is 2.40 bits per heavy atom. The fraction of sp³-hybridized carbons (Fsp3) is 1.00. The number of hydrogen-bond donors (Lipinski definition) is 1. The molecule has 0 spiro atoms. The number of epoxide rings is 1. The molecule has 0 amide bonds. The molecule has 60 valence electrons. The average molecular weight is 144 g/mol. The zero-order chi connectivity index (χ0) is 7.40. The van der Waals surface area contributed by atoms with Crippen molar-refractivity contribution in [2.24, 2.45) is 0 Å². The minimum Gasteiger partial charge on any atom is -0.393 e.